The molecule has 0 radical (unpaired) electrons. The number of fused-ring (bicyclic) bond motifs is 1. The van der Waals surface area contributed by atoms with Gasteiger partial charge in [-0.2, -0.15) is 0 Å². The molecular formula is C16H24N2O. The number of hydrogen-bond acceptors (Lipinski definition) is 3. The van der Waals surface area contributed by atoms with Crippen LogP contribution in [0.4, 0.5) is 0 Å². The molecule has 1 aromatic rings. The molecule has 2 heterocycles. The maximum Gasteiger partial charge on any atom is 0.122 e. The molecule has 3 heteroatoms. The summed E-state index contributed by atoms with van der Waals surface area (Å²) in [7, 11) is 0. The Morgan fingerprint density at radius 2 is 2.05 bits per heavy atom. The van der Waals surface area contributed by atoms with E-state index in [0.717, 1.165) is 31.5 Å². The van der Waals surface area contributed by atoms with E-state index in [0.29, 0.717) is 5.92 Å². The van der Waals surface area contributed by atoms with E-state index in [1.807, 2.05) is 0 Å². The van der Waals surface area contributed by atoms with Gasteiger partial charge in [-0.25, -0.2) is 0 Å². The molecule has 1 aromatic carbocycles. The summed E-state index contributed by atoms with van der Waals surface area (Å²) in [6.07, 6.45) is 2.56. The fourth-order valence-corrected chi connectivity index (χ4v) is 3.37. The van der Waals surface area contributed by atoms with Gasteiger partial charge >= 0.3 is 0 Å². The molecule has 0 spiro atoms. The summed E-state index contributed by atoms with van der Waals surface area (Å²) >= 11 is 0. The second kappa shape index (κ2) is 5.93. The van der Waals surface area contributed by atoms with Gasteiger partial charge in [0.25, 0.3) is 0 Å². The summed E-state index contributed by atoms with van der Waals surface area (Å²) < 4.78 is 5.80. The van der Waals surface area contributed by atoms with Crippen molar-refractivity contribution in [3.63, 3.8) is 0 Å². The van der Waals surface area contributed by atoms with Crippen LogP contribution in [0, 0.1) is 0 Å². The van der Waals surface area contributed by atoms with Gasteiger partial charge in [-0.15, -0.1) is 0 Å². The molecule has 3 rings (SSSR count). The maximum absolute atomic E-state index is 5.80. The van der Waals surface area contributed by atoms with E-state index in [1.54, 1.807) is 0 Å². The van der Waals surface area contributed by atoms with Crippen molar-refractivity contribution in [3.05, 3.63) is 29.8 Å². The first-order valence-corrected chi connectivity index (χ1v) is 7.55. The van der Waals surface area contributed by atoms with Crippen LogP contribution in [0.15, 0.2) is 24.3 Å². The van der Waals surface area contributed by atoms with Crippen molar-refractivity contribution in [2.45, 2.75) is 31.7 Å². The van der Waals surface area contributed by atoms with Crippen LogP contribution in [0.25, 0.3) is 0 Å². The molecule has 1 N–H and O–H groups in total. The van der Waals surface area contributed by atoms with Crippen LogP contribution in [-0.4, -0.2) is 43.7 Å². The number of para-hydroxylation sites is 1. The number of nitrogens with one attached hydrogen (secondary N) is 1. The smallest absolute Gasteiger partial charge is 0.122 e. The molecule has 0 amide bonds. The molecule has 0 saturated carbocycles. The summed E-state index contributed by atoms with van der Waals surface area (Å²) in [4.78, 5) is 2.65. The molecular weight excluding hydrogens is 236 g/mol. The first-order valence-electron chi connectivity index (χ1n) is 7.55. The van der Waals surface area contributed by atoms with E-state index in [-0.39, 0.29) is 0 Å². The number of hydrogen-bond donors (Lipinski definition) is 1. The van der Waals surface area contributed by atoms with Gasteiger partial charge in [-0.05, 0) is 38.5 Å². The minimum Gasteiger partial charge on any atom is -0.493 e. The van der Waals surface area contributed by atoms with E-state index < -0.39 is 0 Å². The Bertz CT molecular complexity index is 415. The Hall–Kier alpha value is -1.06. The number of likely N-dealkylation sites (N-methyl/N-ethyl adjacent to an activating group) is 1. The molecule has 1 fully saturated rings. The van der Waals surface area contributed by atoms with E-state index in [1.165, 1.54) is 31.5 Å². The first kappa shape index (κ1) is 12.9. The summed E-state index contributed by atoms with van der Waals surface area (Å²) in [5, 5.41) is 3.45. The number of ether oxygens (including phenoxy) is 1. The van der Waals surface area contributed by atoms with Crippen molar-refractivity contribution in [1.29, 1.82) is 0 Å². The maximum atomic E-state index is 5.80. The van der Waals surface area contributed by atoms with Crippen molar-refractivity contribution in [1.82, 2.24) is 10.2 Å². The highest BCUT2D eigenvalue weighted by atomic mass is 16.5. The number of rotatable bonds is 4. The van der Waals surface area contributed by atoms with Gasteiger partial charge in [0.15, 0.2) is 0 Å². The van der Waals surface area contributed by atoms with Crippen molar-refractivity contribution < 1.29 is 4.74 Å². The average molecular weight is 260 g/mol. The zero-order chi connectivity index (χ0) is 13.1. The van der Waals surface area contributed by atoms with Gasteiger partial charge in [-0.3, -0.25) is 4.90 Å². The summed E-state index contributed by atoms with van der Waals surface area (Å²) in [6, 6.07) is 9.26. The normalized spacial score (nSPS) is 23.4. The molecule has 1 saturated heterocycles. The monoisotopic (exact) mass is 260 g/mol. The highest BCUT2D eigenvalue weighted by Crippen LogP contribution is 2.34. The lowest BCUT2D eigenvalue weighted by atomic mass is 9.98. The second-order valence-electron chi connectivity index (χ2n) is 5.61. The van der Waals surface area contributed by atoms with Crippen molar-refractivity contribution in [2.24, 2.45) is 0 Å². The van der Waals surface area contributed by atoms with E-state index >= 15 is 0 Å². The Morgan fingerprint density at radius 3 is 2.84 bits per heavy atom. The van der Waals surface area contributed by atoms with Crippen molar-refractivity contribution in [2.75, 3.05) is 32.8 Å². The first-order chi connectivity index (χ1) is 9.38. The van der Waals surface area contributed by atoms with E-state index in [2.05, 4.69) is 41.4 Å². The summed E-state index contributed by atoms with van der Waals surface area (Å²) in [5.74, 6) is 1.64. The molecule has 0 aliphatic carbocycles. The van der Waals surface area contributed by atoms with Gasteiger partial charge in [0.1, 0.15) is 5.75 Å². The summed E-state index contributed by atoms with van der Waals surface area (Å²) in [6.45, 7) is 7.74. The molecule has 104 valence electrons. The zero-order valence-electron chi connectivity index (χ0n) is 11.8. The van der Waals surface area contributed by atoms with Crippen LogP contribution in [0.2, 0.25) is 0 Å². The van der Waals surface area contributed by atoms with Gasteiger partial charge in [0.05, 0.1) is 6.61 Å². The van der Waals surface area contributed by atoms with E-state index in [4.69, 9.17) is 4.74 Å². The molecule has 19 heavy (non-hydrogen) atoms. The lowest BCUT2D eigenvalue weighted by molar-refractivity contribution is 0.153. The van der Waals surface area contributed by atoms with Crippen LogP contribution in [0.3, 0.4) is 0 Å². The quantitative estimate of drug-likeness (QED) is 0.898. The highest BCUT2D eigenvalue weighted by molar-refractivity contribution is 5.39. The number of nitrogens with zero attached hydrogens (tertiary/aromatic N) is 1. The second-order valence-corrected chi connectivity index (χ2v) is 5.61. The fourth-order valence-electron chi connectivity index (χ4n) is 3.37. The highest BCUT2D eigenvalue weighted by Gasteiger charge is 2.28. The van der Waals surface area contributed by atoms with Crippen LogP contribution < -0.4 is 10.1 Å². The minimum absolute atomic E-state index is 0.547. The average Bonchev–Trinajstić information content (AvgIpc) is 2.89. The lowest BCUT2D eigenvalue weighted by Crippen LogP contribution is -2.44. The van der Waals surface area contributed by atoms with Crippen LogP contribution in [0.1, 0.15) is 31.2 Å². The third-order valence-corrected chi connectivity index (χ3v) is 4.49. The molecule has 0 bridgehead atoms. The molecule has 2 aliphatic rings. The van der Waals surface area contributed by atoms with Gasteiger partial charge in [0, 0.05) is 24.1 Å². The Balaban J connectivity index is 1.67. The number of piperidine rings is 1. The van der Waals surface area contributed by atoms with Gasteiger partial charge in [-0.1, -0.05) is 25.1 Å². The third-order valence-electron chi connectivity index (χ3n) is 4.49. The number of benzene rings is 1. The fraction of sp³-hybridized carbons (Fsp3) is 0.625. The SMILES string of the molecule is CCN(CC1COc2ccccc21)C1CCNCC1. The Kier molecular flexibility index (Phi) is 4.04. The van der Waals surface area contributed by atoms with Crippen molar-refractivity contribution in [3.8, 4) is 5.75 Å². The topological polar surface area (TPSA) is 24.5 Å². The molecule has 1 unspecified atom stereocenters. The van der Waals surface area contributed by atoms with E-state index in [9.17, 15) is 0 Å². The van der Waals surface area contributed by atoms with Crippen molar-refractivity contribution >= 4 is 0 Å². The molecule has 0 aromatic heterocycles. The Morgan fingerprint density at radius 1 is 1.26 bits per heavy atom. The summed E-state index contributed by atoms with van der Waals surface area (Å²) in [5.41, 5.74) is 1.40. The lowest BCUT2D eigenvalue weighted by Gasteiger charge is -2.35. The standard InChI is InChI=1S/C16H24N2O/c1-2-18(14-7-9-17-10-8-14)11-13-12-19-16-6-4-3-5-15(13)16/h3-6,13-14,17H,2,7-12H2,1H3. The predicted molar refractivity (Wildman–Crippen MR) is 77.8 cm³/mol. The largest absolute Gasteiger partial charge is 0.493 e. The van der Waals surface area contributed by atoms with Crippen LogP contribution >= 0.6 is 0 Å². The van der Waals surface area contributed by atoms with Gasteiger partial charge < -0.3 is 10.1 Å². The zero-order valence-corrected chi connectivity index (χ0v) is 11.8. The molecule has 2 aliphatic heterocycles. The Labute approximate surface area is 115 Å². The van der Waals surface area contributed by atoms with Gasteiger partial charge in [0.2, 0.25) is 0 Å². The van der Waals surface area contributed by atoms with Crippen LogP contribution in [0.5, 0.6) is 5.75 Å². The minimum atomic E-state index is 0.547. The molecule has 3 nitrogen and oxygen atoms in total. The van der Waals surface area contributed by atoms with Crippen LogP contribution in [-0.2, 0) is 0 Å². The molecule has 1 atom stereocenters. The third kappa shape index (κ3) is 2.77. The predicted octanol–water partition coefficient (Wildman–Crippen LogP) is 2.24.